The van der Waals surface area contributed by atoms with Crippen LogP contribution < -0.4 is 4.72 Å². The average Bonchev–Trinajstić information content (AvgIpc) is 2.51. The van der Waals surface area contributed by atoms with Crippen LogP contribution in [0.4, 0.5) is 0 Å². The summed E-state index contributed by atoms with van der Waals surface area (Å²) in [7, 11) is -1.74. The summed E-state index contributed by atoms with van der Waals surface area (Å²) >= 11 is 0. The van der Waals surface area contributed by atoms with Gasteiger partial charge in [0.05, 0.1) is 11.5 Å². The van der Waals surface area contributed by atoms with Crippen LogP contribution >= 0.6 is 0 Å². The minimum atomic E-state index is -3.48. The molecule has 0 unspecified atom stereocenters. The SMILES string of the molecule is C[C@H](CO)NS(=O)(=O)c1ccn(C)c1. The Hall–Kier alpha value is -0.850. The fraction of sp³-hybridized carbons (Fsp3) is 0.500. The smallest absolute Gasteiger partial charge is 0.242 e. The highest BCUT2D eigenvalue weighted by Gasteiger charge is 2.17. The molecule has 0 aromatic carbocycles. The molecule has 5 nitrogen and oxygen atoms in total. The van der Waals surface area contributed by atoms with Crippen molar-refractivity contribution in [3.05, 3.63) is 18.5 Å². The van der Waals surface area contributed by atoms with Gasteiger partial charge in [-0.3, -0.25) is 0 Å². The number of hydrogen-bond donors (Lipinski definition) is 2. The Labute approximate surface area is 83.4 Å². The van der Waals surface area contributed by atoms with E-state index in [0.29, 0.717) is 0 Å². The van der Waals surface area contributed by atoms with Gasteiger partial charge in [-0.25, -0.2) is 13.1 Å². The van der Waals surface area contributed by atoms with E-state index >= 15 is 0 Å². The number of aryl methyl sites for hydroxylation is 1. The zero-order valence-electron chi connectivity index (χ0n) is 8.14. The number of aliphatic hydroxyl groups excluding tert-OH is 1. The Morgan fingerprint density at radius 1 is 1.64 bits per heavy atom. The van der Waals surface area contributed by atoms with E-state index in [1.54, 1.807) is 24.7 Å². The van der Waals surface area contributed by atoms with Crippen molar-refractivity contribution in [3.8, 4) is 0 Å². The van der Waals surface area contributed by atoms with E-state index in [1.807, 2.05) is 0 Å². The van der Waals surface area contributed by atoms with Gasteiger partial charge in [-0.2, -0.15) is 0 Å². The van der Waals surface area contributed by atoms with Gasteiger partial charge >= 0.3 is 0 Å². The van der Waals surface area contributed by atoms with Gasteiger partial charge in [0.1, 0.15) is 0 Å². The van der Waals surface area contributed by atoms with Crippen molar-refractivity contribution in [2.75, 3.05) is 6.61 Å². The third-order valence-corrected chi connectivity index (χ3v) is 3.32. The molecule has 0 saturated carbocycles. The van der Waals surface area contributed by atoms with E-state index in [9.17, 15) is 8.42 Å². The molecule has 2 N–H and O–H groups in total. The predicted octanol–water partition coefficient (Wildman–Crippen LogP) is -0.316. The molecule has 0 amide bonds. The van der Waals surface area contributed by atoms with Crippen LogP contribution in [0.15, 0.2) is 23.4 Å². The van der Waals surface area contributed by atoms with Gasteiger partial charge in [0.25, 0.3) is 0 Å². The lowest BCUT2D eigenvalue weighted by Crippen LogP contribution is -2.34. The Kier molecular flexibility index (Phi) is 3.30. The molecule has 1 heterocycles. The maximum absolute atomic E-state index is 11.6. The number of nitrogens with one attached hydrogen (secondary N) is 1. The first-order chi connectivity index (χ1) is 6.45. The fourth-order valence-corrected chi connectivity index (χ4v) is 2.29. The molecule has 6 heteroatoms. The van der Waals surface area contributed by atoms with Crippen molar-refractivity contribution in [3.63, 3.8) is 0 Å². The van der Waals surface area contributed by atoms with Crippen molar-refractivity contribution in [1.82, 2.24) is 9.29 Å². The van der Waals surface area contributed by atoms with Gasteiger partial charge in [-0.1, -0.05) is 0 Å². The number of aromatic nitrogens is 1. The van der Waals surface area contributed by atoms with Crippen molar-refractivity contribution >= 4 is 10.0 Å². The van der Waals surface area contributed by atoms with Crippen molar-refractivity contribution in [2.45, 2.75) is 17.9 Å². The van der Waals surface area contributed by atoms with Gasteiger partial charge < -0.3 is 9.67 Å². The van der Waals surface area contributed by atoms with Crippen LogP contribution in [0.2, 0.25) is 0 Å². The Bertz CT molecular complexity index is 396. The van der Waals surface area contributed by atoms with E-state index in [-0.39, 0.29) is 11.5 Å². The maximum Gasteiger partial charge on any atom is 0.242 e. The van der Waals surface area contributed by atoms with Crippen molar-refractivity contribution in [1.29, 1.82) is 0 Å². The molecule has 0 aliphatic rings. The molecule has 14 heavy (non-hydrogen) atoms. The molecule has 0 fully saturated rings. The minimum Gasteiger partial charge on any atom is -0.395 e. The number of rotatable bonds is 4. The lowest BCUT2D eigenvalue weighted by Gasteiger charge is -2.09. The molecule has 0 radical (unpaired) electrons. The van der Waals surface area contributed by atoms with E-state index in [1.165, 1.54) is 12.3 Å². The zero-order valence-corrected chi connectivity index (χ0v) is 8.95. The van der Waals surface area contributed by atoms with E-state index in [4.69, 9.17) is 5.11 Å². The van der Waals surface area contributed by atoms with Crippen LogP contribution in [-0.2, 0) is 17.1 Å². The lowest BCUT2D eigenvalue weighted by molar-refractivity contribution is 0.265. The second-order valence-corrected chi connectivity index (χ2v) is 4.93. The molecule has 1 rings (SSSR count). The van der Waals surface area contributed by atoms with Gasteiger partial charge in [-0.05, 0) is 13.0 Å². The largest absolute Gasteiger partial charge is 0.395 e. The van der Waals surface area contributed by atoms with Gasteiger partial charge in [0, 0.05) is 25.5 Å². The first-order valence-electron chi connectivity index (χ1n) is 4.21. The van der Waals surface area contributed by atoms with Crippen LogP contribution in [0.3, 0.4) is 0 Å². The van der Waals surface area contributed by atoms with E-state index in [2.05, 4.69) is 4.72 Å². The molecule has 1 aromatic heterocycles. The van der Waals surface area contributed by atoms with Crippen LogP contribution in [-0.4, -0.2) is 30.7 Å². The molecule has 0 saturated heterocycles. The van der Waals surface area contributed by atoms with Gasteiger partial charge in [0.2, 0.25) is 10.0 Å². The summed E-state index contributed by atoms with van der Waals surface area (Å²) in [6.07, 6.45) is 3.16. The number of nitrogens with zero attached hydrogens (tertiary/aromatic N) is 1. The maximum atomic E-state index is 11.6. The zero-order chi connectivity index (χ0) is 10.8. The molecular weight excluding hydrogens is 204 g/mol. The summed E-state index contributed by atoms with van der Waals surface area (Å²) in [5.74, 6) is 0. The quantitative estimate of drug-likeness (QED) is 0.728. The molecule has 1 atom stereocenters. The summed E-state index contributed by atoms with van der Waals surface area (Å²) in [4.78, 5) is 0.209. The molecule has 0 bridgehead atoms. The second kappa shape index (κ2) is 4.12. The van der Waals surface area contributed by atoms with E-state index < -0.39 is 16.1 Å². The average molecular weight is 218 g/mol. The molecule has 0 aliphatic heterocycles. The summed E-state index contributed by atoms with van der Waals surface area (Å²) < 4.78 is 27.2. The molecule has 0 aliphatic carbocycles. The number of aliphatic hydroxyl groups is 1. The molecule has 80 valence electrons. The predicted molar refractivity (Wildman–Crippen MR) is 52.3 cm³/mol. The first kappa shape index (κ1) is 11.2. The van der Waals surface area contributed by atoms with Gasteiger partial charge in [0.15, 0.2) is 0 Å². The fourth-order valence-electron chi connectivity index (χ4n) is 1.01. The van der Waals surface area contributed by atoms with Crippen molar-refractivity contribution in [2.24, 2.45) is 7.05 Å². The van der Waals surface area contributed by atoms with Crippen molar-refractivity contribution < 1.29 is 13.5 Å². The minimum absolute atomic E-state index is 0.209. The normalized spacial score (nSPS) is 14.2. The topological polar surface area (TPSA) is 71.3 Å². The highest BCUT2D eigenvalue weighted by Crippen LogP contribution is 2.08. The summed E-state index contributed by atoms with van der Waals surface area (Å²) in [5, 5.41) is 8.72. The Balaban J connectivity index is 2.86. The van der Waals surface area contributed by atoms with Crippen LogP contribution in [0.25, 0.3) is 0 Å². The Morgan fingerprint density at radius 2 is 2.29 bits per heavy atom. The highest BCUT2D eigenvalue weighted by molar-refractivity contribution is 7.89. The lowest BCUT2D eigenvalue weighted by atomic mass is 10.4. The van der Waals surface area contributed by atoms with Crippen LogP contribution in [0.5, 0.6) is 0 Å². The summed E-state index contributed by atoms with van der Waals surface area (Å²) in [6, 6.07) is 1.03. The molecule has 1 aromatic rings. The highest BCUT2D eigenvalue weighted by atomic mass is 32.2. The third kappa shape index (κ3) is 2.57. The monoisotopic (exact) mass is 218 g/mol. The van der Waals surface area contributed by atoms with Gasteiger partial charge in [-0.15, -0.1) is 0 Å². The van der Waals surface area contributed by atoms with Crippen LogP contribution in [0.1, 0.15) is 6.92 Å². The standard InChI is InChI=1S/C8H14N2O3S/c1-7(6-11)9-14(12,13)8-3-4-10(2)5-8/h3-5,7,9,11H,6H2,1-2H3/t7-/m1/s1. The third-order valence-electron chi connectivity index (χ3n) is 1.75. The van der Waals surface area contributed by atoms with Crippen LogP contribution in [0, 0.1) is 0 Å². The second-order valence-electron chi connectivity index (χ2n) is 3.22. The summed E-state index contributed by atoms with van der Waals surface area (Å²) in [6.45, 7) is 1.38. The van der Waals surface area contributed by atoms with E-state index in [0.717, 1.165) is 0 Å². The number of hydrogen-bond acceptors (Lipinski definition) is 3. The molecular formula is C8H14N2O3S. The number of sulfonamides is 1. The Morgan fingerprint density at radius 3 is 2.71 bits per heavy atom. The summed E-state index contributed by atoms with van der Waals surface area (Å²) in [5.41, 5.74) is 0. The molecule has 0 spiro atoms. The first-order valence-corrected chi connectivity index (χ1v) is 5.69.